The number of unbranched alkanes of at least 4 members (excludes halogenated alkanes) is 2. The van der Waals surface area contributed by atoms with Crippen molar-refractivity contribution in [2.24, 2.45) is 11.8 Å². The van der Waals surface area contributed by atoms with Crippen LogP contribution in [-0.4, -0.2) is 38.5 Å². The molecular formula is C20H37NaO7S-2. The predicted octanol–water partition coefficient (Wildman–Crippen LogP) is 1.10. The quantitative estimate of drug-likeness (QED) is 0.161. The molecule has 0 aliphatic rings. The SMILES string of the molecule is CCCCC(CC)COC(=O)[CH-]CC(=O)OCC(CC)CCCC.O=S([O-])[O-].[Na+]. The summed E-state index contributed by atoms with van der Waals surface area (Å²) in [5.41, 5.74) is 0. The van der Waals surface area contributed by atoms with Gasteiger partial charge in [-0.15, -0.1) is 11.4 Å². The van der Waals surface area contributed by atoms with Crippen LogP contribution in [-0.2, 0) is 30.4 Å². The fraction of sp³-hybridized carbons (Fsp3) is 0.850. The van der Waals surface area contributed by atoms with Gasteiger partial charge in [0, 0.05) is 0 Å². The molecule has 9 heteroatoms. The summed E-state index contributed by atoms with van der Waals surface area (Å²) in [5.74, 6) is 0.0719. The number of ether oxygens (including phenoxy) is 2. The molecular weight excluding hydrogens is 407 g/mol. The van der Waals surface area contributed by atoms with Gasteiger partial charge in [-0.1, -0.05) is 72.6 Å². The van der Waals surface area contributed by atoms with E-state index >= 15 is 0 Å². The summed E-state index contributed by atoms with van der Waals surface area (Å²) in [6, 6.07) is 0. The first-order chi connectivity index (χ1) is 13.3. The van der Waals surface area contributed by atoms with Crippen molar-refractivity contribution in [2.45, 2.75) is 85.5 Å². The fourth-order valence-electron chi connectivity index (χ4n) is 2.49. The van der Waals surface area contributed by atoms with Gasteiger partial charge in [-0.2, -0.15) is 0 Å². The molecule has 0 bridgehead atoms. The van der Waals surface area contributed by atoms with Crippen LogP contribution >= 0.6 is 0 Å². The number of rotatable bonds is 15. The summed E-state index contributed by atoms with van der Waals surface area (Å²) in [7, 11) is 0. The molecule has 168 valence electrons. The Labute approximate surface area is 201 Å². The Hall–Kier alpha value is -0.120. The van der Waals surface area contributed by atoms with Gasteiger partial charge >= 0.3 is 29.6 Å². The Morgan fingerprint density at radius 2 is 1.31 bits per heavy atom. The van der Waals surface area contributed by atoms with Gasteiger partial charge in [0.25, 0.3) is 5.97 Å². The molecule has 0 aliphatic heterocycles. The molecule has 2 unspecified atom stereocenters. The van der Waals surface area contributed by atoms with E-state index in [4.69, 9.17) is 22.8 Å². The summed E-state index contributed by atoms with van der Waals surface area (Å²) in [6.07, 6.45) is 10.1. The largest absolute Gasteiger partial charge is 1.00 e. The average Bonchev–Trinajstić information content (AvgIpc) is 2.66. The molecule has 0 aromatic carbocycles. The first-order valence-electron chi connectivity index (χ1n) is 10.2. The second kappa shape index (κ2) is 24.2. The fourth-order valence-corrected chi connectivity index (χ4v) is 2.49. The van der Waals surface area contributed by atoms with Gasteiger partial charge in [-0.3, -0.25) is 20.2 Å². The summed E-state index contributed by atoms with van der Waals surface area (Å²) < 4.78 is 35.8. The van der Waals surface area contributed by atoms with E-state index in [0.29, 0.717) is 25.0 Å². The van der Waals surface area contributed by atoms with Gasteiger partial charge in [0.05, 0.1) is 13.2 Å². The van der Waals surface area contributed by atoms with E-state index < -0.39 is 17.3 Å². The molecule has 0 amide bonds. The molecule has 0 saturated heterocycles. The van der Waals surface area contributed by atoms with Crippen molar-refractivity contribution in [3.63, 3.8) is 0 Å². The molecule has 2 atom stereocenters. The first kappa shape index (κ1) is 33.5. The molecule has 29 heavy (non-hydrogen) atoms. The van der Waals surface area contributed by atoms with Crippen LogP contribution in [0.2, 0.25) is 0 Å². The third kappa shape index (κ3) is 25.8. The van der Waals surface area contributed by atoms with Crippen LogP contribution in [0.4, 0.5) is 0 Å². The Kier molecular flexibility index (Phi) is 27.9. The molecule has 0 N–H and O–H groups in total. The van der Waals surface area contributed by atoms with Crippen LogP contribution in [0.1, 0.15) is 85.5 Å². The smallest absolute Gasteiger partial charge is 0.784 e. The molecule has 0 radical (unpaired) electrons. The second-order valence-electron chi connectivity index (χ2n) is 6.76. The van der Waals surface area contributed by atoms with Gasteiger partial charge in [-0.05, 0) is 24.7 Å². The van der Waals surface area contributed by atoms with Gasteiger partial charge < -0.3 is 18.6 Å². The maximum absolute atomic E-state index is 11.7. The Balaban J connectivity index is -0.00000123. The van der Waals surface area contributed by atoms with Gasteiger partial charge in [-0.25, -0.2) is 0 Å². The van der Waals surface area contributed by atoms with Crippen molar-refractivity contribution >= 4 is 23.3 Å². The zero-order valence-electron chi connectivity index (χ0n) is 18.8. The Morgan fingerprint density at radius 3 is 1.69 bits per heavy atom. The topological polar surface area (TPSA) is 116 Å². The molecule has 0 aromatic heterocycles. The van der Waals surface area contributed by atoms with Crippen molar-refractivity contribution in [3.05, 3.63) is 6.42 Å². The minimum Gasteiger partial charge on any atom is -0.784 e. The Morgan fingerprint density at radius 1 is 0.897 bits per heavy atom. The van der Waals surface area contributed by atoms with Crippen molar-refractivity contribution in [1.82, 2.24) is 0 Å². The van der Waals surface area contributed by atoms with E-state index in [2.05, 4.69) is 27.7 Å². The van der Waals surface area contributed by atoms with Gasteiger partial charge in [0.1, 0.15) is 0 Å². The van der Waals surface area contributed by atoms with Crippen LogP contribution in [0.3, 0.4) is 0 Å². The Bertz CT molecular complexity index is 386. The van der Waals surface area contributed by atoms with E-state index in [-0.39, 0.29) is 41.9 Å². The molecule has 7 nitrogen and oxygen atoms in total. The van der Waals surface area contributed by atoms with Crippen LogP contribution in [0, 0.1) is 18.3 Å². The molecule has 0 saturated carbocycles. The second-order valence-corrected chi connectivity index (χ2v) is 7.17. The van der Waals surface area contributed by atoms with Crippen molar-refractivity contribution in [1.29, 1.82) is 0 Å². The first-order valence-corrected chi connectivity index (χ1v) is 11.2. The number of hydrogen-bond donors (Lipinski definition) is 0. The standard InChI is InChI=1S/C20H37O4.Na.H2O3S/c1-5-9-11-17(7-3)15-23-19(21)13-14-20(22)24-16-18(8-4)12-10-6-2;;1-4(2)3/h13,17-18H,5-12,14-16H2,1-4H3;;(H2,1,2,3)/q-1;+1;/p-2. The molecule has 0 spiro atoms. The van der Waals surface area contributed by atoms with E-state index in [1.54, 1.807) is 0 Å². The third-order valence-electron chi connectivity index (χ3n) is 4.46. The number of hydrogen-bond acceptors (Lipinski definition) is 7. The van der Waals surface area contributed by atoms with Crippen LogP contribution in [0.5, 0.6) is 0 Å². The number of carbonyl (C=O) groups is 2. The molecule has 0 aliphatic carbocycles. The normalized spacial score (nSPS) is 12.1. The molecule has 0 aromatic rings. The summed E-state index contributed by atoms with van der Waals surface area (Å²) in [4.78, 5) is 23.4. The van der Waals surface area contributed by atoms with Crippen LogP contribution in [0.15, 0.2) is 0 Å². The molecule has 0 rings (SSSR count). The van der Waals surface area contributed by atoms with Crippen molar-refractivity contribution in [3.8, 4) is 0 Å². The monoisotopic (exact) mass is 444 g/mol. The minimum absolute atomic E-state index is 0. The molecule has 0 fully saturated rings. The maximum atomic E-state index is 11.7. The summed E-state index contributed by atoms with van der Waals surface area (Å²) in [5, 5.41) is 0. The summed E-state index contributed by atoms with van der Waals surface area (Å²) >= 11 is -3.11. The van der Waals surface area contributed by atoms with Crippen molar-refractivity contribution < 1.29 is 61.9 Å². The van der Waals surface area contributed by atoms with E-state index in [9.17, 15) is 9.59 Å². The van der Waals surface area contributed by atoms with E-state index in [1.165, 1.54) is 6.42 Å². The maximum Gasteiger partial charge on any atom is 1.00 e. The number of carbonyl (C=O) groups excluding carboxylic acids is 2. The van der Waals surface area contributed by atoms with E-state index in [1.807, 2.05) is 0 Å². The van der Waals surface area contributed by atoms with Crippen LogP contribution in [0.25, 0.3) is 0 Å². The average molecular weight is 445 g/mol. The zero-order chi connectivity index (χ0) is 21.8. The van der Waals surface area contributed by atoms with Gasteiger partial charge in [0.2, 0.25) is 0 Å². The van der Waals surface area contributed by atoms with Crippen molar-refractivity contribution in [2.75, 3.05) is 13.2 Å². The number of esters is 2. The minimum atomic E-state index is -3.11. The van der Waals surface area contributed by atoms with E-state index in [0.717, 1.165) is 51.4 Å². The molecule has 0 heterocycles. The third-order valence-corrected chi connectivity index (χ3v) is 4.46. The predicted molar refractivity (Wildman–Crippen MR) is 107 cm³/mol. The van der Waals surface area contributed by atoms with Gasteiger partial charge in [0.15, 0.2) is 5.97 Å². The summed E-state index contributed by atoms with van der Waals surface area (Å²) in [6.45, 7) is 9.43. The zero-order valence-corrected chi connectivity index (χ0v) is 21.6. The van der Waals surface area contributed by atoms with Crippen LogP contribution < -0.4 is 29.6 Å².